The van der Waals surface area contributed by atoms with Crippen molar-refractivity contribution < 1.29 is 14.3 Å². The Kier molecular flexibility index (Phi) is 7.81. The number of amides is 1. The highest BCUT2D eigenvalue weighted by Gasteiger charge is 2.17. The van der Waals surface area contributed by atoms with Crippen LogP contribution in [0.25, 0.3) is 0 Å². The van der Waals surface area contributed by atoms with Gasteiger partial charge in [0, 0.05) is 25.7 Å². The molecule has 1 aromatic rings. The van der Waals surface area contributed by atoms with Crippen molar-refractivity contribution in [2.45, 2.75) is 38.8 Å². The Morgan fingerprint density at radius 1 is 1.44 bits per heavy atom. The summed E-state index contributed by atoms with van der Waals surface area (Å²) in [5.74, 6) is 0.278. The minimum absolute atomic E-state index is 0.234. The van der Waals surface area contributed by atoms with Crippen LogP contribution < -0.4 is 20.5 Å². The third-order valence-electron chi connectivity index (χ3n) is 4.49. The summed E-state index contributed by atoms with van der Waals surface area (Å²) in [6, 6.07) is 4.35. The molecule has 1 saturated heterocycles. The lowest BCUT2D eigenvalue weighted by atomic mass is 10.0. The first kappa shape index (κ1) is 19.8. The Labute approximate surface area is 154 Å². The molecule has 0 saturated carbocycles. The van der Waals surface area contributed by atoms with Crippen LogP contribution in [0.1, 0.15) is 31.7 Å². The molecule has 7 heteroatoms. The van der Waals surface area contributed by atoms with Crippen LogP contribution in [0.15, 0.2) is 12.1 Å². The molecule has 0 bridgehead atoms. The molecule has 3 N–H and O–H groups in total. The van der Waals surface area contributed by atoms with Crippen molar-refractivity contribution in [2.24, 2.45) is 5.73 Å². The van der Waals surface area contributed by atoms with Crippen molar-refractivity contribution in [1.82, 2.24) is 10.2 Å². The van der Waals surface area contributed by atoms with Gasteiger partial charge in [-0.25, -0.2) is 0 Å². The van der Waals surface area contributed by atoms with E-state index in [1.165, 1.54) is 32.9 Å². The highest BCUT2D eigenvalue weighted by Crippen LogP contribution is 2.36. The Balaban J connectivity index is 1.87. The number of primary amides is 1. The van der Waals surface area contributed by atoms with Gasteiger partial charge in [-0.3, -0.25) is 9.69 Å². The minimum atomic E-state index is -0.559. The van der Waals surface area contributed by atoms with Crippen LogP contribution in [-0.4, -0.2) is 50.2 Å². The number of hydrogen-bond donors (Lipinski definition) is 2. The molecule has 1 heterocycles. The van der Waals surface area contributed by atoms with Crippen LogP contribution in [0.5, 0.6) is 11.5 Å². The summed E-state index contributed by atoms with van der Waals surface area (Å²) >= 11 is 6.26. The second kappa shape index (κ2) is 9.85. The number of ether oxygens (including phenoxy) is 2. The predicted octanol–water partition coefficient (Wildman–Crippen LogP) is 2.18. The van der Waals surface area contributed by atoms with Gasteiger partial charge in [0.05, 0.1) is 12.1 Å². The maximum absolute atomic E-state index is 10.9. The van der Waals surface area contributed by atoms with Crippen LogP contribution in [0.4, 0.5) is 0 Å². The fourth-order valence-electron chi connectivity index (χ4n) is 3.10. The molecule has 0 spiro atoms. The number of piperidine rings is 1. The number of nitrogens with zero attached hydrogens (tertiary/aromatic N) is 1. The third kappa shape index (κ3) is 6.06. The van der Waals surface area contributed by atoms with Gasteiger partial charge in [0.15, 0.2) is 18.1 Å². The number of rotatable bonds is 9. The lowest BCUT2D eigenvalue weighted by Crippen LogP contribution is -2.41. The van der Waals surface area contributed by atoms with Crippen molar-refractivity contribution in [3.05, 3.63) is 22.7 Å². The fraction of sp³-hybridized carbons (Fsp3) is 0.611. The van der Waals surface area contributed by atoms with E-state index in [9.17, 15) is 4.79 Å². The van der Waals surface area contributed by atoms with E-state index >= 15 is 0 Å². The summed E-state index contributed by atoms with van der Waals surface area (Å²) in [7, 11) is 1.54. The number of carbonyl (C=O) groups excluding carboxylic acids is 1. The molecule has 2 rings (SSSR count). The van der Waals surface area contributed by atoms with Gasteiger partial charge >= 0.3 is 0 Å². The van der Waals surface area contributed by atoms with Crippen LogP contribution in [0.3, 0.4) is 0 Å². The molecule has 1 unspecified atom stereocenters. The van der Waals surface area contributed by atoms with Crippen LogP contribution >= 0.6 is 11.6 Å². The van der Waals surface area contributed by atoms with Gasteiger partial charge in [0.1, 0.15) is 0 Å². The number of nitrogens with two attached hydrogens (primary N) is 1. The summed E-state index contributed by atoms with van der Waals surface area (Å²) in [5, 5.41) is 3.85. The Hall–Kier alpha value is -1.50. The SMILES string of the molecule is COc1cc(CNCCN2CCCCC2C)cc(Cl)c1OCC(N)=O. The van der Waals surface area contributed by atoms with E-state index in [1.54, 1.807) is 0 Å². The third-order valence-corrected chi connectivity index (χ3v) is 4.77. The first-order valence-electron chi connectivity index (χ1n) is 8.73. The zero-order valence-electron chi connectivity index (χ0n) is 15.0. The topological polar surface area (TPSA) is 76.8 Å². The van der Waals surface area contributed by atoms with Crippen molar-refractivity contribution in [2.75, 3.05) is 33.4 Å². The average Bonchev–Trinajstić information content (AvgIpc) is 2.58. The van der Waals surface area contributed by atoms with Crippen molar-refractivity contribution >= 4 is 17.5 Å². The molecule has 6 nitrogen and oxygen atoms in total. The van der Waals surface area contributed by atoms with E-state index in [1.807, 2.05) is 12.1 Å². The van der Waals surface area contributed by atoms with Gasteiger partial charge in [0.25, 0.3) is 5.91 Å². The maximum Gasteiger partial charge on any atom is 0.255 e. The van der Waals surface area contributed by atoms with E-state index in [2.05, 4.69) is 17.1 Å². The number of carbonyl (C=O) groups is 1. The smallest absolute Gasteiger partial charge is 0.255 e. The first-order chi connectivity index (χ1) is 12.0. The molecule has 1 aliphatic heterocycles. The summed E-state index contributed by atoms with van der Waals surface area (Å²) in [6.45, 7) is 5.91. The second-order valence-electron chi connectivity index (χ2n) is 6.42. The number of benzene rings is 1. The van der Waals surface area contributed by atoms with E-state index < -0.39 is 5.91 Å². The minimum Gasteiger partial charge on any atom is -0.493 e. The summed E-state index contributed by atoms with van der Waals surface area (Å²) in [6.07, 6.45) is 3.93. The quantitative estimate of drug-likeness (QED) is 0.652. The molecule has 0 aliphatic carbocycles. The molecule has 1 aliphatic rings. The van der Waals surface area contributed by atoms with Gasteiger partial charge in [0.2, 0.25) is 0 Å². The molecule has 0 radical (unpaired) electrons. The number of halogens is 1. The van der Waals surface area contributed by atoms with Crippen molar-refractivity contribution in [1.29, 1.82) is 0 Å². The number of likely N-dealkylation sites (tertiary alicyclic amines) is 1. The number of hydrogen-bond acceptors (Lipinski definition) is 5. The first-order valence-corrected chi connectivity index (χ1v) is 9.11. The van der Waals surface area contributed by atoms with Gasteiger partial charge in [-0.15, -0.1) is 0 Å². The highest BCUT2D eigenvalue weighted by atomic mass is 35.5. The Bertz CT molecular complexity index is 583. The molecule has 25 heavy (non-hydrogen) atoms. The number of nitrogens with one attached hydrogen (secondary N) is 1. The number of methoxy groups -OCH3 is 1. The summed E-state index contributed by atoms with van der Waals surface area (Å²) in [5.41, 5.74) is 6.10. The lowest BCUT2D eigenvalue weighted by Gasteiger charge is -2.33. The van der Waals surface area contributed by atoms with E-state index in [0.29, 0.717) is 29.1 Å². The second-order valence-corrected chi connectivity index (χ2v) is 6.83. The standard InChI is InChI=1S/C18H28ClN3O3/c1-13-5-3-4-7-22(13)8-6-21-11-14-9-15(19)18(16(10-14)24-2)25-12-17(20)23/h9-10,13,21H,3-8,11-12H2,1-2H3,(H2,20,23). The molecular weight excluding hydrogens is 342 g/mol. The molecule has 1 fully saturated rings. The van der Waals surface area contributed by atoms with E-state index in [0.717, 1.165) is 18.7 Å². The maximum atomic E-state index is 10.9. The monoisotopic (exact) mass is 369 g/mol. The molecule has 140 valence electrons. The predicted molar refractivity (Wildman–Crippen MR) is 99.3 cm³/mol. The lowest BCUT2D eigenvalue weighted by molar-refractivity contribution is -0.119. The molecule has 0 aromatic heterocycles. The highest BCUT2D eigenvalue weighted by molar-refractivity contribution is 6.32. The largest absolute Gasteiger partial charge is 0.493 e. The van der Waals surface area contributed by atoms with Crippen molar-refractivity contribution in [3.8, 4) is 11.5 Å². The van der Waals surface area contributed by atoms with Gasteiger partial charge in [-0.1, -0.05) is 18.0 Å². The van der Waals surface area contributed by atoms with Crippen LogP contribution in [0, 0.1) is 0 Å². The average molecular weight is 370 g/mol. The zero-order chi connectivity index (χ0) is 18.2. The van der Waals surface area contributed by atoms with Crippen molar-refractivity contribution in [3.63, 3.8) is 0 Å². The Morgan fingerprint density at radius 3 is 2.92 bits per heavy atom. The molecular formula is C18H28ClN3O3. The van der Waals surface area contributed by atoms with Crippen LogP contribution in [0.2, 0.25) is 5.02 Å². The van der Waals surface area contributed by atoms with E-state index in [4.69, 9.17) is 26.8 Å². The summed E-state index contributed by atoms with van der Waals surface area (Å²) in [4.78, 5) is 13.4. The van der Waals surface area contributed by atoms with Crippen LogP contribution in [-0.2, 0) is 11.3 Å². The Morgan fingerprint density at radius 2 is 2.24 bits per heavy atom. The molecule has 1 amide bonds. The molecule has 1 atom stereocenters. The normalized spacial score (nSPS) is 18.1. The summed E-state index contributed by atoms with van der Waals surface area (Å²) < 4.78 is 10.7. The van der Waals surface area contributed by atoms with Gasteiger partial charge in [-0.2, -0.15) is 0 Å². The molecule has 1 aromatic carbocycles. The fourth-order valence-corrected chi connectivity index (χ4v) is 3.39. The van der Waals surface area contributed by atoms with Gasteiger partial charge < -0.3 is 20.5 Å². The zero-order valence-corrected chi connectivity index (χ0v) is 15.8. The van der Waals surface area contributed by atoms with E-state index in [-0.39, 0.29) is 6.61 Å². The van der Waals surface area contributed by atoms with Gasteiger partial charge in [-0.05, 0) is 44.0 Å².